The fourth-order valence-electron chi connectivity index (χ4n) is 4.78. The van der Waals surface area contributed by atoms with Gasteiger partial charge in [0.2, 0.25) is 5.91 Å². The molecule has 4 nitrogen and oxygen atoms in total. The Morgan fingerprint density at radius 2 is 2.00 bits per heavy atom. The molecule has 1 aromatic carbocycles. The number of primary amides is 1. The SMILES string of the molecule is CC1(C(F)(F)c2ccc(C(N)=O)cc2)SC(CC2CC3CCC2C3)=NC1=O. The molecule has 2 N–H and O–H groups in total. The first kappa shape index (κ1) is 18.6. The van der Waals surface area contributed by atoms with E-state index in [4.69, 9.17) is 5.73 Å². The smallest absolute Gasteiger partial charge is 0.296 e. The van der Waals surface area contributed by atoms with Gasteiger partial charge < -0.3 is 5.73 Å². The number of carbonyl (C=O) groups excluding carboxylic acids is 2. The first-order valence-corrected chi connectivity index (χ1v) is 10.1. The molecule has 27 heavy (non-hydrogen) atoms. The minimum Gasteiger partial charge on any atom is -0.366 e. The van der Waals surface area contributed by atoms with Gasteiger partial charge in [-0.2, -0.15) is 8.78 Å². The molecule has 7 heteroatoms. The van der Waals surface area contributed by atoms with E-state index in [0.29, 0.717) is 23.3 Å². The molecular weight excluding hydrogens is 370 g/mol. The fraction of sp³-hybridized carbons (Fsp3) is 0.550. The Hall–Kier alpha value is -1.76. The van der Waals surface area contributed by atoms with Gasteiger partial charge in [-0.15, -0.1) is 0 Å². The zero-order chi connectivity index (χ0) is 19.4. The van der Waals surface area contributed by atoms with Gasteiger partial charge in [0, 0.05) is 11.1 Å². The summed E-state index contributed by atoms with van der Waals surface area (Å²) in [6.07, 6.45) is 5.47. The van der Waals surface area contributed by atoms with Crippen molar-refractivity contribution in [1.82, 2.24) is 0 Å². The highest BCUT2D eigenvalue weighted by Gasteiger charge is 2.60. The molecule has 3 aliphatic rings. The molecule has 0 spiro atoms. The van der Waals surface area contributed by atoms with Crippen molar-refractivity contribution in [3.63, 3.8) is 0 Å². The Morgan fingerprint density at radius 1 is 1.30 bits per heavy atom. The lowest BCUT2D eigenvalue weighted by Gasteiger charge is -2.31. The maximum absolute atomic E-state index is 15.2. The molecular formula is C20H22F2N2O2S. The van der Waals surface area contributed by atoms with Gasteiger partial charge in [-0.1, -0.05) is 30.3 Å². The van der Waals surface area contributed by atoms with E-state index in [9.17, 15) is 9.59 Å². The molecule has 1 heterocycles. The van der Waals surface area contributed by atoms with E-state index in [2.05, 4.69) is 4.99 Å². The molecule has 0 radical (unpaired) electrons. The lowest BCUT2D eigenvalue weighted by Crippen LogP contribution is -2.44. The average Bonchev–Trinajstić information content (AvgIpc) is 3.31. The van der Waals surface area contributed by atoms with Crippen LogP contribution in [0.2, 0.25) is 0 Å². The highest BCUT2D eigenvalue weighted by Crippen LogP contribution is 2.54. The van der Waals surface area contributed by atoms with Crippen LogP contribution in [0.1, 0.15) is 54.9 Å². The second-order valence-corrected chi connectivity index (χ2v) is 9.59. The van der Waals surface area contributed by atoms with Gasteiger partial charge in [0.25, 0.3) is 11.8 Å². The number of alkyl halides is 2. The molecule has 2 saturated carbocycles. The summed E-state index contributed by atoms with van der Waals surface area (Å²) in [4.78, 5) is 27.6. The van der Waals surface area contributed by atoms with E-state index in [1.165, 1.54) is 38.3 Å². The van der Waals surface area contributed by atoms with E-state index in [-0.39, 0.29) is 11.1 Å². The van der Waals surface area contributed by atoms with Gasteiger partial charge in [0.05, 0.1) is 5.04 Å². The lowest BCUT2D eigenvalue weighted by molar-refractivity contribution is -0.130. The molecule has 1 aromatic rings. The number of carbonyl (C=O) groups is 2. The second-order valence-electron chi connectivity index (χ2n) is 8.10. The fourth-order valence-corrected chi connectivity index (χ4v) is 6.05. The number of amides is 2. The summed E-state index contributed by atoms with van der Waals surface area (Å²) in [5.41, 5.74) is 5.00. The van der Waals surface area contributed by atoms with Gasteiger partial charge in [-0.25, -0.2) is 4.99 Å². The summed E-state index contributed by atoms with van der Waals surface area (Å²) in [6, 6.07) is 4.84. The standard InChI is InChI=1S/C20H22F2N2O2S/c1-19(20(21,22)15-6-4-12(5-7-15)17(23)25)18(26)24-16(27-19)10-14-9-11-2-3-13(14)8-11/h4-7,11,13-14H,2-3,8-10H2,1H3,(H2,23,25). The van der Waals surface area contributed by atoms with Crippen molar-refractivity contribution in [3.05, 3.63) is 35.4 Å². The predicted octanol–water partition coefficient (Wildman–Crippen LogP) is 4.13. The Balaban J connectivity index is 1.52. The van der Waals surface area contributed by atoms with Gasteiger partial charge >= 0.3 is 0 Å². The minimum atomic E-state index is -3.41. The molecule has 2 bridgehead atoms. The molecule has 2 amide bonds. The highest BCUT2D eigenvalue weighted by molar-refractivity contribution is 8.16. The maximum atomic E-state index is 15.2. The van der Waals surface area contributed by atoms with E-state index in [0.717, 1.165) is 36.2 Å². The van der Waals surface area contributed by atoms with Crippen LogP contribution in [0.5, 0.6) is 0 Å². The first-order valence-electron chi connectivity index (χ1n) is 9.30. The summed E-state index contributed by atoms with van der Waals surface area (Å²) in [5, 5.41) is 0.536. The minimum absolute atomic E-state index is 0.151. The van der Waals surface area contributed by atoms with Gasteiger partial charge in [0.1, 0.15) is 0 Å². The number of benzene rings is 1. The Morgan fingerprint density at radius 3 is 2.56 bits per heavy atom. The largest absolute Gasteiger partial charge is 0.366 e. The van der Waals surface area contributed by atoms with Gasteiger partial charge in [0.15, 0.2) is 4.75 Å². The third-order valence-corrected chi connectivity index (χ3v) is 7.74. The van der Waals surface area contributed by atoms with Crippen molar-refractivity contribution in [2.45, 2.75) is 49.7 Å². The molecule has 144 valence electrons. The average molecular weight is 392 g/mol. The summed E-state index contributed by atoms with van der Waals surface area (Å²) in [5.74, 6) is -2.99. The van der Waals surface area contributed by atoms with Crippen LogP contribution in [0.15, 0.2) is 29.3 Å². The Kier molecular flexibility index (Phi) is 4.41. The van der Waals surface area contributed by atoms with Gasteiger partial charge in [-0.3, -0.25) is 9.59 Å². The topological polar surface area (TPSA) is 72.5 Å². The number of thioether (sulfide) groups is 1. The van der Waals surface area contributed by atoms with E-state index < -0.39 is 22.5 Å². The third-order valence-electron chi connectivity index (χ3n) is 6.41. The van der Waals surface area contributed by atoms with Crippen molar-refractivity contribution in [2.75, 3.05) is 0 Å². The molecule has 4 unspecified atom stereocenters. The zero-order valence-electron chi connectivity index (χ0n) is 15.1. The number of nitrogens with zero attached hydrogens (tertiary/aromatic N) is 1. The predicted molar refractivity (Wildman–Crippen MR) is 101 cm³/mol. The van der Waals surface area contributed by atoms with Crippen LogP contribution in [0.3, 0.4) is 0 Å². The quantitative estimate of drug-likeness (QED) is 0.819. The normalized spacial score (nSPS) is 32.8. The van der Waals surface area contributed by atoms with E-state index in [1.54, 1.807) is 0 Å². The lowest BCUT2D eigenvalue weighted by atomic mass is 9.87. The third kappa shape index (κ3) is 3.00. The number of halogens is 2. The van der Waals surface area contributed by atoms with Gasteiger partial charge in [-0.05, 0) is 62.5 Å². The highest BCUT2D eigenvalue weighted by atomic mass is 32.2. The summed E-state index contributed by atoms with van der Waals surface area (Å²) < 4.78 is 28.5. The molecule has 2 fully saturated rings. The van der Waals surface area contributed by atoms with Crippen LogP contribution >= 0.6 is 11.8 Å². The van der Waals surface area contributed by atoms with Crippen molar-refractivity contribution < 1.29 is 18.4 Å². The number of hydrogen-bond donors (Lipinski definition) is 1. The molecule has 0 saturated heterocycles. The number of aliphatic imine (C=N–C) groups is 1. The summed E-state index contributed by atoms with van der Waals surface area (Å²) in [7, 11) is 0. The van der Waals surface area contributed by atoms with Crippen LogP contribution in [0, 0.1) is 17.8 Å². The van der Waals surface area contributed by atoms with Crippen LogP contribution in [0.4, 0.5) is 8.78 Å². The zero-order valence-corrected chi connectivity index (χ0v) is 15.9. The molecule has 4 atom stereocenters. The molecule has 4 rings (SSSR count). The summed E-state index contributed by atoms with van der Waals surface area (Å²) in [6.45, 7) is 1.26. The van der Waals surface area contributed by atoms with Crippen molar-refractivity contribution in [2.24, 2.45) is 28.5 Å². The van der Waals surface area contributed by atoms with Crippen LogP contribution in [-0.4, -0.2) is 21.6 Å². The first-order chi connectivity index (χ1) is 12.7. The number of hydrogen-bond acceptors (Lipinski definition) is 3. The van der Waals surface area contributed by atoms with E-state index >= 15 is 8.78 Å². The maximum Gasteiger partial charge on any atom is 0.296 e. The van der Waals surface area contributed by atoms with Crippen LogP contribution in [0.25, 0.3) is 0 Å². The molecule has 1 aliphatic heterocycles. The van der Waals surface area contributed by atoms with E-state index in [1.807, 2.05) is 0 Å². The second kappa shape index (κ2) is 6.40. The summed E-state index contributed by atoms with van der Waals surface area (Å²) >= 11 is 0.906. The number of rotatable bonds is 5. The van der Waals surface area contributed by atoms with Crippen molar-refractivity contribution >= 4 is 28.6 Å². The number of fused-ring (bicyclic) bond motifs is 2. The van der Waals surface area contributed by atoms with Crippen molar-refractivity contribution in [3.8, 4) is 0 Å². The monoisotopic (exact) mass is 392 g/mol. The van der Waals surface area contributed by atoms with Crippen LogP contribution < -0.4 is 5.73 Å². The Labute approximate surface area is 161 Å². The van der Waals surface area contributed by atoms with Crippen LogP contribution in [-0.2, 0) is 10.7 Å². The Bertz CT molecular complexity index is 824. The molecule has 0 aromatic heterocycles. The number of nitrogens with two attached hydrogens (primary N) is 1. The molecule has 2 aliphatic carbocycles. The van der Waals surface area contributed by atoms with Crippen molar-refractivity contribution in [1.29, 1.82) is 0 Å².